The second-order valence-electron chi connectivity index (χ2n) is 6.31. The van der Waals surface area contributed by atoms with E-state index in [1.807, 2.05) is 6.92 Å². The van der Waals surface area contributed by atoms with Crippen LogP contribution in [0.3, 0.4) is 0 Å². The molecule has 2 aliphatic carbocycles. The lowest BCUT2D eigenvalue weighted by Crippen LogP contribution is -2.42. The van der Waals surface area contributed by atoms with Crippen LogP contribution in [0, 0.1) is 5.41 Å². The van der Waals surface area contributed by atoms with E-state index in [4.69, 9.17) is 9.84 Å². The molecule has 0 spiro atoms. The smallest absolute Gasteiger partial charge is 0.194 e. The lowest BCUT2D eigenvalue weighted by atomic mass is 9.75. The molecule has 3 aliphatic rings. The number of hydrogen-bond acceptors (Lipinski definition) is 5. The summed E-state index contributed by atoms with van der Waals surface area (Å²) in [6.45, 7) is 3.28. The first-order chi connectivity index (χ1) is 8.86. The van der Waals surface area contributed by atoms with Crippen LogP contribution < -0.4 is 0 Å². The molecule has 1 heterocycles. The number of aliphatic hydroxyl groups is 2. The highest BCUT2D eigenvalue weighted by Crippen LogP contribution is 2.69. The van der Waals surface area contributed by atoms with Crippen LogP contribution in [0.25, 0.3) is 0 Å². The third kappa shape index (κ3) is 1.30. The van der Waals surface area contributed by atoms with Gasteiger partial charge in [0.1, 0.15) is 0 Å². The number of Topliss-reactive ketones (excluding diaryl/α,β-unsaturated/α-hetero) is 2. The zero-order valence-electron chi connectivity index (χ0n) is 11.2. The molecular weight excluding hydrogens is 248 g/mol. The molecule has 3 rings (SSSR count). The molecule has 104 valence electrons. The summed E-state index contributed by atoms with van der Waals surface area (Å²) in [5.41, 5.74) is -1.74. The van der Waals surface area contributed by atoms with Crippen LogP contribution in [0.4, 0.5) is 0 Å². The molecule has 1 saturated carbocycles. The minimum Gasteiger partial charge on any atom is -0.396 e. The summed E-state index contributed by atoms with van der Waals surface area (Å²) in [7, 11) is 0. The first-order valence-corrected chi connectivity index (χ1v) is 6.57. The number of ether oxygens (including phenoxy) is 1. The number of epoxide rings is 1. The van der Waals surface area contributed by atoms with E-state index in [0.717, 1.165) is 0 Å². The van der Waals surface area contributed by atoms with Gasteiger partial charge in [0.05, 0.1) is 0 Å². The van der Waals surface area contributed by atoms with Crippen molar-refractivity contribution in [3.63, 3.8) is 0 Å². The number of rotatable bonds is 3. The van der Waals surface area contributed by atoms with E-state index < -0.39 is 16.6 Å². The van der Waals surface area contributed by atoms with Gasteiger partial charge in [0.2, 0.25) is 0 Å². The van der Waals surface area contributed by atoms with Crippen LogP contribution in [0.5, 0.6) is 0 Å². The molecule has 0 bridgehead atoms. The second-order valence-corrected chi connectivity index (χ2v) is 6.31. The number of aliphatic hydroxyl groups excluding tert-OH is 2. The van der Waals surface area contributed by atoms with Gasteiger partial charge in [-0.1, -0.05) is 6.92 Å². The van der Waals surface area contributed by atoms with Crippen LogP contribution in [-0.2, 0) is 14.3 Å². The number of carbonyl (C=O) groups is 2. The van der Waals surface area contributed by atoms with Gasteiger partial charge in [-0.25, -0.2) is 0 Å². The molecule has 19 heavy (non-hydrogen) atoms. The quantitative estimate of drug-likeness (QED) is 0.709. The summed E-state index contributed by atoms with van der Waals surface area (Å²) in [5, 5.41) is 18.5. The zero-order valence-corrected chi connectivity index (χ0v) is 11.2. The third-order valence-electron chi connectivity index (χ3n) is 4.86. The SMILES string of the molecule is CC1=C(CCO)C(=O)[C@@]23C[C@](C)(CO)C[C@@]2(O3)C1=O. The molecular formula is C14H18O5. The number of hydrogen-bond donors (Lipinski definition) is 2. The van der Waals surface area contributed by atoms with Crippen LogP contribution in [0.2, 0.25) is 0 Å². The summed E-state index contributed by atoms with van der Waals surface area (Å²) >= 11 is 0. The van der Waals surface area contributed by atoms with Crippen molar-refractivity contribution in [1.29, 1.82) is 0 Å². The Morgan fingerprint density at radius 2 is 1.74 bits per heavy atom. The molecule has 5 nitrogen and oxygen atoms in total. The molecule has 2 N–H and O–H groups in total. The maximum absolute atomic E-state index is 12.6. The third-order valence-corrected chi connectivity index (χ3v) is 4.86. The molecule has 3 atom stereocenters. The van der Waals surface area contributed by atoms with Crippen molar-refractivity contribution < 1.29 is 24.5 Å². The summed E-state index contributed by atoms with van der Waals surface area (Å²) in [4.78, 5) is 25.1. The number of ketones is 2. The predicted octanol–water partition coefficient (Wildman–Crippen LogP) is 0.137. The van der Waals surface area contributed by atoms with Crippen molar-refractivity contribution in [1.82, 2.24) is 0 Å². The molecule has 1 aliphatic heterocycles. The van der Waals surface area contributed by atoms with Gasteiger partial charge in [0, 0.05) is 24.4 Å². The van der Waals surface area contributed by atoms with Crippen molar-refractivity contribution >= 4 is 11.6 Å². The first-order valence-electron chi connectivity index (χ1n) is 6.57. The fraction of sp³-hybridized carbons (Fsp3) is 0.714. The van der Waals surface area contributed by atoms with Gasteiger partial charge in [0.25, 0.3) is 0 Å². The Kier molecular flexibility index (Phi) is 2.41. The molecule has 0 aromatic heterocycles. The zero-order chi connectivity index (χ0) is 14.1. The second kappa shape index (κ2) is 3.53. The van der Waals surface area contributed by atoms with E-state index in [2.05, 4.69) is 0 Å². The molecule has 0 radical (unpaired) electrons. The van der Waals surface area contributed by atoms with Gasteiger partial charge in [-0.2, -0.15) is 0 Å². The van der Waals surface area contributed by atoms with Gasteiger partial charge < -0.3 is 14.9 Å². The minimum atomic E-state index is -1.06. The van der Waals surface area contributed by atoms with E-state index in [-0.39, 0.29) is 31.2 Å². The largest absolute Gasteiger partial charge is 0.396 e. The minimum absolute atomic E-state index is 0.0607. The van der Waals surface area contributed by atoms with Gasteiger partial charge in [-0.05, 0) is 31.6 Å². The van der Waals surface area contributed by atoms with Gasteiger partial charge >= 0.3 is 0 Å². The lowest BCUT2D eigenvalue weighted by Gasteiger charge is -2.23. The lowest BCUT2D eigenvalue weighted by molar-refractivity contribution is -0.124. The molecule has 2 fully saturated rings. The van der Waals surface area contributed by atoms with Crippen molar-refractivity contribution in [3.05, 3.63) is 11.1 Å². The highest BCUT2D eigenvalue weighted by Gasteiger charge is 2.85. The molecule has 0 amide bonds. The highest BCUT2D eigenvalue weighted by atomic mass is 16.6. The monoisotopic (exact) mass is 266 g/mol. The van der Waals surface area contributed by atoms with Crippen LogP contribution >= 0.6 is 0 Å². The normalized spacial score (nSPS) is 44.4. The van der Waals surface area contributed by atoms with Gasteiger partial charge in [-0.3, -0.25) is 9.59 Å². The Bertz CT molecular complexity index is 522. The van der Waals surface area contributed by atoms with Crippen molar-refractivity contribution in [2.24, 2.45) is 5.41 Å². The van der Waals surface area contributed by atoms with Crippen molar-refractivity contribution in [3.8, 4) is 0 Å². The van der Waals surface area contributed by atoms with Crippen LogP contribution in [0.15, 0.2) is 11.1 Å². The van der Waals surface area contributed by atoms with E-state index in [1.165, 1.54) is 0 Å². The van der Waals surface area contributed by atoms with Crippen LogP contribution in [0.1, 0.15) is 33.1 Å². The van der Waals surface area contributed by atoms with E-state index >= 15 is 0 Å². The van der Waals surface area contributed by atoms with Crippen molar-refractivity contribution in [2.75, 3.05) is 13.2 Å². The fourth-order valence-corrected chi connectivity index (χ4v) is 3.89. The maximum Gasteiger partial charge on any atom is 0.194 e. The highest BCUT2D eigenvalue weighted by molar-refractivity contribution is 6.23. The summed E-state index contributed by atoms with van der Waals surface area (Å²) in [6.07, 6.45) is 0.960. The van der Waals surface area contributed by atoms with Gasteiger partial charge in [0.15, 0.2) is 22.8 Å². The average molecular weight is 266 g/mol. The topological polar surface area (TPSA) is 87.1 Å². The molecule has 0 unspecified atom stereocenters. The Balaban J connectivity index is 2.06. The maximum atomic E-state index is 12.6. The Labute approximate surface area is 111 Å². The molecule has 5 heteroatoms. The van der Waals surface area contributed by atoms with E-state index in [1.54, 1.807) is 6.92 Å². The Morgan fingerprint density at radius 3 is 2.26 bits per heavy atom. The fourth-order valence-electron chi connectivity index (χ4n) is 3.89. The van der Waals surface area contributed by atoms with E-state index in [9.17, 15) is 14.7 Å². The van der Waals surface area contributed by atoms with Crippen molar-refractivity contribution in [2.45, 2.75) is 44.3 Å². The Morgan fingerprint density at radius 1 is 1.16 bits per heavy atom. The summed E-state index contributed by atoms with van der Waals surface area (Å²) in [6, 6.07) is 0. The number of carbonyl (C=O) groups excluding carboxylic acids is 2. The average Bonchev–Trinajstić information content (AvgIpc) is 2.93. The van der Waals surface area contributed by atoms with E-state index in [0.29, 0.717) is 24.0 Å². The van der Waals surface area contributed by atoms with Crippen LogP contribution in [-0.4, -0.2) is 46.2 Å². The molecule has 1 saturated heterocycles. The first kappa shape index (κ1) is 13.0. The molecule has 0 aromatic carbocycles. The standard InChI is InChI=1S/C14H18O5/c1-8-9(3-4-15)11(18)14-6-12(2,7-16)5-13(14,19-14)10(8)17/h15-16H,3-7H2,1-2H3/t12-,13-,14+/m1/s1. The van der Waals surface area contributed by atoms with Gasteiger partial charge in [-0.15, -0.1) is 0 Å². The molecule has 0 aromatic rings. The Hall–Kier alpha value is -1.04. The predicted molar refractivity (Wildman–Crippen MR) is 65.4 cm³/mol. The summed E-state index contributed by atoms with van der Waals surface area (Å²) in [5.74, 6) is -0.316. The summed E-state index contributed by atoms with van der Waals surface area (Å²) < 4.78 is 5.62.